The maximum absolute atomic E-state index is 10.8. The van der Waals surface area contributed by atoms with E-state index in [1.54, 1.807) is 0 Å². The molecule has 0 saturated carbocycles. The molecule has 2 aromatic carbocycles. The molecule has 5 heteroatoms. The number of rotatable bonds is 6. The van der Waals surface area contributed by atoms with Gasteiger partial charge in [0.15, 0.2) is 0 Å². The highest BCUT2D eigenvalue weighted by molar-refractivity contribution is 6.30. The van der Waals surface area contributed by atoms with Crippen LogP contribution in [0.4, 0.5) is 0 Å². The van der Waals surface area contributed by atoms with Crippen molar-refractivity contribution in [1.29, 1.82) is 0 Å². The van der Waals surface area contributed by atoms with Gasteiger partial charge in [0.05, 0.1) is 0 Å². The molecular weight excluding hydrogens is 348 g/mol. The Labute approximate surface area is 160 Å². The lowest BCUT2D eigenvalue weighted by Crippen LogP contribution is -2.46. The van der Waals surface area contributed by atoms with Crippen LogP contribution in [-0.2, 0) is 16.1 Å². The number of hydrogen-bond donors (Lipinski definition) is 0. The molecule has 0 amide bonds. The number of esters is 1. The number of ether oxygens (including phenoxy) is 1. The standard InChI is InChI=1S/C21H25ClN2O2/c1-17(25)26-14-13-23-9-11-24(12-10-23)16-18-3-2-4-20(15-18)19-5-7-21(22)8-6-19/h2-8,15H,9-14,16H2,1H3. The molecular formula is C21H25ClN2O2. The molecule has 1 saturated heterocycles. The maximum Gasteiger partial charge on any atom is 0.302 e. The zero-order chi connectivity index (χ0) is 18.4. The molecule has 0 N–H and O–H groups in total. The Morgan fingerprint density at radius 2 is 1.69 bits per heavy atom. The average Bonchev–Trinajstić information content (AvgIpc) is 2.64. The number of benzene rings is 2. The summed E-state index contributed by atoms with van der Waals surface area (Å²) in [7, 11) is 0. The van der Waals surface area contributed by atoms with Crippen molar-refractivity contribution >= 4 is 17.6 Å². The third-order valence-corrected chi connectivity index (χ3v) is 4.94. The monoisotopic (exact) mass is 372 g/mol. The lowest BCUT2D eigenvalue weighted by atomic mass is 10.0. The topological polar surface area (TPSA) is 32.8 Å². The van der Waals surface area contributed by atoms with Gasteiger partial charge in [-0.05, 0) is 34.9 Å². The number of carbonyl (C=O) groups is 1. The Morgan fingerprint density at radius 1 is 1.00 bits per heavy atom. The van der Waals surface area contributed by atoms with Crippen LogP contribution in [0, 0.1) is 0 Å². The maximum atomic E-state index is 10.8. The molecule has 2 aromatic rings. The Hall–Kier alpha value is -1.88. The smallest absolute Gasteiger partial charge is 0.302 e. The van der Waals surface area contributed by atoms with Crippen LogP contribution in [0.25, 0.3) is 11.1 Å². The van der Waals surface area contributed by atoms with Crippen molar-refractivity contribution in [2.24, 2.45) is 0 Å². The minimum absolute atomic E-state index is 0.204. The first-order chi connectivity index (χ1) is 12.6. The zero-order valence-corrected chi connectivity index (χ0v) is 15.9. The second-order valence-electron chi connectivity index (χ2n) is 6.67. The first-order valence-corrected chi connectivity index (χ1v) is 9.41. The van der Waals surface area contributed by atoms with Gasteiger partial charge in [-0.15, -0.1) is 0 Å². The van der Waals surface area contributed by atoms with Gasteiger partial charge >= 0.3 is 5.97 Å². The number of hydrogen-bond acceptors (Lipinski definition) is 4. The summed E-state index contributed by atoms with van der Waals surface area (Å²) in [6, 6.07) is 16.7. The SMILES string of the molecule is CC(=O)OCCN1CCN(Cc2cccc(-c3ccc(Cl)cc3)c2)CC1. The van der Waals surface area contributed by atoms with Crippen molar-refractivity contribution < 1.29 is 9.53 Å². The van der Waals surface area contributed by atoms with E-state index in [0.717, 1.165) is 44.3 Å². The van der Waals surface area contributed by atoms with Crippen LogP contribution < -0.4 is 0 Å². The first kappa shape index (κ1) is 18.9. The van der Waals surface area contributed by atoms with E-state index in [2.05, 4.69) is 46.2 Å². The summed E-state index contributed by atoms with van der Waals surface area (Å²) >= 11 is 5.98. The fourth-order valence-corrected chi connectivity index (χ4v) is 3.37. The van der Waals surface area contributed by atoms with Gasteiger partial charge in [0, 0.05) is 51.2 Å². The highest BCUT2D eigenvalue weighted by Gasteiger charge is 2.17. The lowest BCUT2D eigenvalue weighted by Gasteiger charge is -2.34. The van der Waals surface area contributed by atoms with Crippen LogP contribution in [0.15, 0.2) is 48.5 Å². The highest BCUT2D eigenvalue weighted by atomic mass is 35.5. The second kappa shape index (κ2) is 9.17. The number of carbonyl (C=O) groups excluding carboxylic acids is 1. The normalized spacial score (nSPS) is 15.8. The van der Waals surface area contributed by atoms with Crippen LogP contribution in [0.1, 0.15) is 12.5 Å². The summed E-state index contributed by atoms with van der Waals surface area (Å²) in [4.78, 5) is 15.7. The van der Waals surface area contributed by atoms with Gasteiger partial charge in [0.2, 0.25) is 0 Å². The van der Waals surface area contributed by atoms with Gasteiger partial charge in [-0.2, -0.15) is 0 Å². The largest absolute Gasteiger partial charge is 0.465 e. The second-order valence-corrected chi connectivity index (χ2v) is 7.10. The summed E-state index contributed by atoms with van der Waals surface area (Å²) in [5.41, 5.74) is 3.73. The summed E-state index contributed by atoms with van der Waals surface area (Å²) < 4.78 is 5.03. The van der Waals surface area contributed by atoms with E-state index in [9.17, 15) is 4.79 Å². The van der Waals surface area contributed by atoms with E-state index in [1.165, 1.54) is 23.6 Å². The van der Waals surface area contributed by atoms with E-state index in [1.807, 2.05) is 12.1 Å². The molecule has 138 valence electrons. The molecule has 0 radical (unpaired) electrons. The van der Waals surface area contributed by atoms with Crippen LogP contribution in [-0.4, -0.2) is 55.1 Å². The molecule has 1 aliphatic rings. The van der Waals surface area contributed by atoms with Crippen molar-refractivity contribution in [3.05, 3.63) is 59.1 Å². The minimum atomic E-state index is -0.204. The minimum Gasteiger partial charge on any atom is -0.465 e. The molecule has 3 rings (SSSR count). The van der Waals surface area contributed by atoms with Gasteiger partial charge in [0.1, 0.15) is 6.61 Å². The van der Waals surface area contributed by atoms with E-state index in [4.69, 9.17) is 16.3 Å². The molecule has 1 fully saturated rings. The predicted octanol–water partition coefficient (Wildman–Crippen LogP) is 3.69. The number of nitrogens with zero attached hydrogens (tertiary/aromatic N) is 2. The molecule has 1 aliphatic heterocycles. The Bertz CT molecular complexity index is 725. The van der Waals surface area contributed by atoms with Gasteiger partial charge in [-0.1, -0.05) is 41.9 Å². The Morgan fingerprint density at radius 3 is 2.38 bits per heavy atom. The summed E-state index contributed by atoms with van der Waals surface area (Å²) in [6.45, 7) is 7.81. The quantitative estimate of drug-likeness (QED) is 0.724. The molecule has 0 atom stereocenters. The summed E-state index contributed by atoms with van der Waals surface area (Å²) in [6.07, 6.45) is 0. The van der Waals surface area contributed by atoms with Crippen molar-refractivity contribution in [2.45, 2.75) is 13.5 Å². The van der Waals surface area contributed by atoms with Crippen molar-refractivity contribution in [3.63, 3.8) is 0 Å². The molecule has 0 aliphatic carbocycles. The molecule has 4 nitrogen and oxygen atoms in total. The van der Waals surface area contributed by atoms with Crippen molar-refractivity contribution in [1.82, 2.24) is 9.80 Å². The van der Waals surface area contributed by atoms with Crippen molar-refractivity contribution in [2.75, 3.05) is 39.3 Å². The third-order valence-electron chi connectivity index (χ3n) is 4.69. The zero-order valence-electron chi connectivity index (χ0n) is 15.2. The Kier molecular flexibility index (Phi) is 6.67. The van der Waals surface area contributed by atoms with E-state index >= 15 is 0 Å². The van der Waals surface area contributed by atoms with E-state index in [0.29, 0.717) is 6.61 Å². The fraction of sp³-hybridized carbons (Fsp3) is 0.381. The number of halogens is 1. The molecule has 0 spiro atoms. The van der Waals surface area contributed by atoms with Crippen LogP contribution >= 0.6 is 11.6 Å². The lowest BCUT2D eigenvalue weighted by molar-refractivity contribution is -0.141. The van der Waals surface area contributed by atoms with Crippen LogP contribution in [0.3, 0.4) is 0 Å². The molecule has 0 unspecified atom stereocenters. The van der Waals surface area contributed by atoms with Crippen LogP contribution in [0.5, 0.6) is 0 Å². The molecule has 26 heavy (non-hydrogen) atoms. The molecule has 1 heterocycles. The van der Waals surface area contributed by atoms with Gasteiger partial charge in [-0.3, -0.25) is 14.6 Å². The van der Waals surface area contributed by atoms with Gasteiger partial charge in [0.25, 0.3) is 0 Å². The van der Waals surface area contributed by atoms with E-state index < -0.39 is 0 Å². The number of piperazine rings is 1. The first-order valence-electron chi connectivity index (χ1n) is 9.03. The summed E-state index contributed by atoms with van der Waals surface area (Å²) in [5.74, 6) is -0.204. The average molecular weight is 373 g/mol. The predicted molar refractivity (Wildman–Crippen MR) is 105 cm³/mol. The van der Waals surface area contributed by atoms with E-state index in [-0.39, 0.29) is 5.97 Å². The fourth-order valence-electron chi connectivity index (χ4n) is 3.24. The summed E-state index contributed by atoms with van der Waals surface area (Å²) in [5, 5.41) is 0.761. The third kappa shape index (κ3) is 5.56. The molecule has 0 bridgehead atoms. The highest BCUT2D eigenvalue weighted by Crippen LogP contribution is 2.23. The van der Waals surface area contributed by atoms with Crippen LogP contribution in [0.2, 0.25) is 5.02 Å². The van der Waals surface area contributed by atoms with Crippen molar-refractivity contribution in [3.8, 4) is 11.1 Å². The van der Waals surface area contributed by atoms with Gasteiger partial charge < -0.3 is 4.74 Å². The Balaban J connectivity index is 1.51. The molecule has 0 aromatic heterocycles. The van der Waals surface area contributed by atoms with Gasteiger partial charge in [-0.25, -0.2) is 0 Å².